The van der Waals surface area contributed by atoms with Crippen LogP contribution in [0.1, 0.15) is 28.9 Å². The number of rotatable bonds is 9. The fourth-order valence-electron chi connectivity index (χ4n) is 4.11. The van der Waals surface area contributed by atoms with Gasteiger partial charge in [-0.15, -0.1) is 11.8 Å². The van der Waals surface area contributed by atoms with Gasteiger partial charge in [-0.05, 0) is 72.6 Å². The van der Waals surface area contributed by atoms with Gasteiger partial charge in [-0.3, -0.25) is 4.79 Å². The first-order chi connectivity index (χ1) is 18.5. The van der Waals surface area contributed by atoms with E-state index in [1.165, 1.54) is 11.8 Å². The van der Waals surface area contributed by atoms with Crippen LogP contribution in [0.4, 0.5) is 17.1 Å². The second-order valence-electron chi connectivity index (χ2n) is 8.67. The molecule has 5 nitrogen and oxygen atoms in total. The summed E-state index contributed by atoms with van der Waals surface area (Å²) in [7, 11) is 1.62. The predicted octanol–water partition coefficient (Wildman–Crippen LogP) is 7.85. The van der Waals surface area contributed by atoms with E-state index in [2.05, 4.69) is 28.9 Å². The first-order valence-corrected chi connectivity index (χ1v) is 13.7. The third-order valence-electron chi connectivity index (χ3n) is 6.03. The zero-order valence-corrected chi connectivity index (χ0v) is 23.3. The van der Waals surface area contributed by atoms with Crippen LogP contribution in [0.5, 0.6) is 5.75 Å². The molecule has 194 valence electrons. The summed E-state index contributed by atoms with van der Waals surface area (Å²) < 4.78 is 5.40. The summed E-state index contributed by atoms with van der Waals surface area (Å²) in [6, 6.07) is 31.5. The Kier molecular flexibility index (Phi) is 9.40. The van der Waals surface area contributed by atoms with Crippen LogP contribution in [-0.4, -0.2) is 18.1 Å². The lowest BCUT2D eigenvalue weighted by Gasteiger charge is -2.20. The van der Waals surface area contributed by atoms with E-state index in [9.17, 15) is 4.79 Å². The van der Waals surface area contributed by atoms with Crippen molar-refractivity contribution in [3.8, 4) is 5.75 Å². The number of amides is 1. The van der Waals surface area contributed by atoms with Crippen molar-refractivity contribution in [2.45, 2.75) is 30.4 Å². The van der Waals surface area contributed by atoms with E-state index in [0.717, 1.165) is 45.1 Å². The maximum atomic E-state index is 13.7. The molecule has 1 unspecified atom stereocenters. The Balaban J connectivity index is 1.53. The molecule has 0 bridgehead atoms. The van der Waals surface area contributed by atoms with E-state index in [1.54, 1.807) is 7.11 Å². The third-order valence-corrected chi connectivity index (χ3v) is 7.48. The molecule has 0 spiro atoms. The highest BCUT2D eigenvalue weighted by Gasteiger charge is 2.23. The molecule has 0 aliphatic heterocycles. The summed E-state index contributed by atoms with van der Waals surface area (Å²) in [5.74, 6) is 0.648. The molecule has 3 N–H and O–H groups in total. The fourth-order valence-corrected chi connectivity index (χ4v) is 5.42. The topological polar surface area (TPSA) is 62.4 Å². The van der Waals surface area contributed by atoms with Crippen molar-refractivity contribution in [3.63, 3.8) is 0 Å². The molecule has 0 radical (unpaired) electrons. The number of thioether (sulfide) groups is 1. The zero-order valence-electron chi connectivity index (χ0n) is 21.7. The molecule has 38 heavy (non-hydrogen) atoms. The van der Waals surface area contributed by atoms with Gasteiger partial charge in [0.05, 0.1) is 12.8 Å². The molecule has 0 aromatic heterocycles. The normalized spacial score (nSPS) is 11.3. The van der Waals surface area contributed by atoms with E-state index < -0.39 is 5.25 Å². The van der Waals surface area contributed by atoms with Crippen molar-refractivity contribution in [1.29, 1.82) is 0 Å². The molecule has 4 aromatic rings. The van der Waals surface area contributed by atoms with Gasteiger partial charge in [0.15, 0.2) is 5.11 Å². The lowest BCUT2D eigenvalue weighted by Crippen LogP contribution is -2.21. The van der Waals surface area contributed by atoms with Crippen molar-refractivity contribution in [1.82, 2.24) is 0 Å². The van der Waals surface area contributed by atoms with Gasteiger partial charge in [-0.1, -0.05) is 73.7 Å². The molecule has 4 rings (SSSR count). The first-order valence-electron chi connectivity index (χ1n) is 12.4. The van der Waals surface area contributed by atoms with Gasteiger partial charge in [-0.25, -0.2) is 0 Å². The molecule has 1 amide bonds. The Bertz CT molecular complexity index is 1410. The van der Waals surface area contributed by atoms with Crippen molar-refractivity contribution < 1.29 is 9.53 Å². The number of nitrogens with one attached hydrogen (secondary N) is 3. The number of benzene rings is 4. The van der Waals surface area contributed by atoms with E-state index >= 15 is 0 Å². The average molecular weight is 542 g/mol. The van der Waals surface area contributed by atoms with Gasteiger partial charge in [0, 0.05) is 16.3 Å². The third kappa shape index (κ3) is 6.94. The predicted molar refractivity (Wildman–Crippen MR) is 164 cm³/mol. The highest BCUT2D eigenvalue weighted by molar-refractivity contribution is 8.00. The molecular formula is C31H31N3O2S2. The van der Waals surface area contributed by atoms with Gasteiger partial charge in [0.1, 0.15) is 11.0 Å². The highest BCUT2D eigenvalue weighted by atomic mass is 32.2. The van der Waals surface area contributed by atoms with Gasteiger partial charge in [0.25, 0.3) is 0 Å². The molecule has 7 heteroatoms. The average Bonchev–Trinajstić information content (AvgIpc) is 2.93. The number of carbonyl (C=O) groups excluding carboxylic acids is 1. The van der Waals surface area contributed by atoms with Crippen LogP contribution < -0.4 is 20.7 Å². The van der Waals surface area contributed by atoms with Crippen LogP contribution in [0, 0.1) is 6.92 Å². The van der Waals surface area contributed by atoms with E-state index in [0.29, 0.717) is 10.9 Å². The number of hydrogen-bond acceptors (Lipinski definition) is 4. The molecule has 4 aromatic carbocycles. The highest BCUT2D eigenvalue weighted by Crippen LogP contribution is 2.38. The number of carbonyl (C=O) groups is 1. The van der Waals surface area contributed by atoms with Gasteiger partial charge in [-0.2, -0.15) is 0 Å². The van der Waals surface area contributed by atoms with E-state index in [-0.39, 0.29) is 5.91 Å². The number of anilines is 3. The molecule has 0 saturated heterocycles. The number of thiocarbonyl (C=S) groups is 1. The van der Waals surface area contributed by atoms with Crippen LogP contribution in [-0.2, 0) is 11.2 Å². The lowest BCUT2D eigenvalue weighted by atomic mass is 10.1. The van der Waals surface area contributed by atoms with Gasteiger partial charge < -0.3 is 20.7 Å². The van der Waals surface area contributed by atoms with Crippen molar-refractivity contribution in [2.24, 2.45) is 0 Å². The summed E-state index contributed by atoms with van der Waals surface area (Å²) in [5.41, 5.74) is 5.61. The maximum Gasteiger partial charge on any atom is 0.242 e. The lowest BCUT2D eigenvalue weighted by molar-refractivity contribution is -0.115. The standard InChI is InChI=1S/C31H31N3O2S2/c1-4-22-15-10-12-21(2)28(22)34-30(35)29(23-13-6-5-7-14-23)38-25-17-11-16-24(20-25)32-31(37)33-26-18-8-9-19-27(26)36-3/h5-20,29H,4H2,1-3H3,(H,34,35)(H2,32,33,37). The van der Waals surface area contributed by atoms with Crippen LogP contribution in [0.3, 0.4) is 0 Å². The second-order valence-corrected chi connectivity index (χ2v) is 10.3. The van der Waals surface area contributed by atoms with Crippen LogP contribution in [0.25, 0.3) is 0 Å². The Labute approximate surface area is 234 Å². The zero-order chi connectivity index (χ0) is 26.9. The minimum Gasteiger partial charge on any atom is -0.495 e. The molecule has 0 heterocycles. The molecular weight excluding hydrogens is 510 g/mol. The van der Waals surface area contributed by atoms with Crippen LogP contribution in [0.2, 0.25) is 0 Å². The minimum atomic E-state index is -0.436. The summed E-state index contributed by atoms with van der Waals surface area (Å²) in [6.45, 7) is 4.12. The number of para-hydroxylation sites is 3. The number of ether oxygens (including phenoxy) is 1. The molecule has 1 atom stereocenters. The van der Waals surface area contributed by atoms with Crippen molar-refractivity contribution in [2.75, 3.05) is 23.1 Å². The largest absolute Gasteiger partial charge is 0.495 e. The molecule has 0 aliphatic carbocycles. The summed E-state index contributed by atoms with van der Waals surface area (Å²) in [5, 5.41) is 9.64. The Morgan fingerprint density at radius 2 is 1.63 bits per heavy atom. The SMILES string of the molecule is CCc1cccc(C)c1NC(=O)C(Sc1cccc(NC(=S)Nc2ccccc2OC)c1)c1ccccc1. The first kappa shape index (κ1) is 27.2. The van der Waals surface area contributed by atoms with Crippen LogP contribution >= 0.6 is 24.0 Å². The molecule has 0 fully saturated rings. The second kappa shape index (κ2) is 13.1. The fraction of sp³-hybridized carbons (Fsp3) is 0.161. The van der Waals surface area contributed by atoms with E-state index in [1.807, 2.05) is 97.9 Å². The molecule has 0 saturated carbocycles. The summed E-state index contributed by atoms with van der Waals surface area (Å²) in [6.07, 6.45) is 0.844. The summed E-state index contributed by atoms with van der Waals surface area (Å²) in [4.78, 5) is 14.6. The minimum absolute atomic E-state index is 0.0584. The Hall–Kier alpha value is -3.81. The number of hydrogen-bond donors (Lipinski definition) is 3. The quantitative estimate of drug-likeness (QED) is 0.148. The number of aryl methyl sites for hydroxylation is 2. The van der Waals surface area contributed by atoms with Gasteiger partial charge >= 0.3 is 0 Å². The Morgan fingerprint density at radius 1 is 0.895 bits per heavy atom. The Morgan fingerprint density at radius 3 is 2.39 bits per heavy atom. The van der Waals surface area contributed by atoms with Gasteiger partial charge in [0.2, 0.25) is 5.91 Å². The molecule has 0 aliphatic rings. The van der Waals surface area contributed by atoms with Crippen LogP contribution in [0.15, 0.2) is 102 Å². The van der Waals surface area contributed by atoms with Crippen molar-refractivity contribution >= 4 is 52.1 Å². The number of methoxy groups -OCH3 is 1. The monoisotopic (exact) mass is 541 g/mol. The smallest absolute Gasteiger partial charge is 0.242 e. The van der Waals surface area contributed by atoms with Crippen molar-refractivity contribution in [3.05, 3.63) is 114 Å². The summed E-state index contributed by atoms with van der Waals surface area (Å²) >= 11 is 7.04. The maximum absolute atomic E-state index is 13.7. The van der Waals surface area contributed by atoms with E-state index in [4.69, 9.17) is 17.0 Å².